The van der Waals surface area contributed by atoms with E-state index in [2.05, 4.69) is 130 Å². The Morgan fingerprint density at radius 3 is 0.795 bits per heavy atom. The lowest BCUT2D eigenvalue weighted by atomic mass is 10.0. The summed E-state index contributed by atoms with van der Waals surface area (Å²) < 4.78 is 16.8. The number of hydrogen-bond donors (Lipinski definition) is 0. The number of allylic oxidation sites excluding steroid dienone is 18. The molecule has 0 aliphatic rings. The number of esters is 3. The third-order valence-electron chi connectivity index (χ3n) is 14.0. The average Bonchev–Trinajstić information content (AvgIpc) is 3.44. The lowest BCUT2D eigenvalue weighted by Gasteiger charge is -2.18. The Labute approximate surface area is 482 Å². The highest BCUT2D eigenvalue weighted by atomic mass is 16.6. The minimum absolute atomic E-state index is 0.0822. The van der Waals surface area contributed by atoms with E-state index in [1.165, 1.54) is 148 Å². The summed E-state index contributed by atoms with van der Waals surface area (Å²) in [5.74, 6) is -0.901. The first kappa shape index (κ1) is 74.1. The van der Waals surface area contributed by atoms with E-state index in [-0.39, 0.29) is 31.1 Å². The van der Waals surface area contributed by atoms with Crippen molar-refractivity contribution >= 4 is 17.9 Å². The monoisotopic (exact) mass is 1080 g/mol. The molecule has 0 rings (SSSR count). The number of hydrogen-bond acceptors (Lipinski definition) is 6. The first-order valence-electron chi connectivity index (χ1n) is 32.9. The van der Waals surface area contributed by atoms with Crippen LogP contribution in [0.15, 0.2) is 109 Å². The summed E-state index contributed by atoms with van der Waals surface area (Å²) in [6.45, 7) is 6.47. The minimum atomic E-state index is -0.783. The molecular formula is C72H122O6. The standard InChI is InChI=1S/C72H122O6/c1-4-7-10-13-16-18-20-22-24-26-28-30-32-33-34-35-36-37-38-39-41-42-44-46-48-50-52-54-56-59-62-65-71(74)77-68-69(67-76-70(73)64-61-58-15-12-9-6-3)78-72(75)66-63-60-57-55-53-51-49-47-45-43-40-31-29-27-25-23-21-19-17-14-11-8-5-2/h7,10,16,18,22,24,27-30,33-34,36-37,39,41,44,46,69H,4-6,8-9,11-15,17,19-21,23,25-26,31-32,35,38,40,42-43,45,47-68H2,1-3H3/b10-7-,18-16-,24-22-,29-27-,30-28-,34-33-,37-36-,41-39-,46-44-. The van der Waals surface area contributed by atoms with Gasteiger partial charge in [0, 0.05) is 19.3 Å². The topological polar surface area (TPSA) is 78.9 Å². The van der Waals surface area contributed by atoms with Gasteiger partial charge in [-0.05, 0) is 109 Å². The van der Waals surface area contributed by atoms with Gasteiger partial charge in [-0.1, -0.05) is 291 Å². The number of carbonyl (C=O) groups is 3. The molecule has 446 valence electrons. The summed E-state index contributed by atoms with van der Waals surface area (Å²) in [5.41, 5.74) is 0. The van der Waals surface area contributed by atoms with Crippen molar-refractivity contribution in [3.63, 3.8) is 0 Å². The van der Waals surface area contributed by atoms with Gasteiger partial charge in [-0.25, -0.2) is 0 Å². The van der Waals surface area contributed by atoms with Crippen LogP contribution in [0.25, 0.3) is 0 Å². The van der Waals surface area contributed by atoms with Crippen molar-refractivity contribution < 1.29 is 28.6 Å². The second-order valence-electron chi connectivity index (χ2n) is 21.6. The van der Waals surface area contributed by atoms with E-state index in [0.717, 1.165) is 122 Å². The second kappa shape index (κ2) is 65.6. The molecule has 6 heteroatoms. The van der Waals surface area contributed by atoms with E-state index >= 15 is 0 Å². The van der Waals surface area contributed by atoms with Gasteiger partial charge in [-0.15, -0.1) is 0 Å². The van der Waals surface area contributed by atoms with Crippen LogP contribution in [-0.2, 0) is 28.6 Å². The zero-order valence-corrected chi connectivity index (χ0v) is 51.2. The fourth-order valence-electron chi connectivity index (χ4n) is 9.10. The van der Waals surface area contributed by atoms with Crippen LogP contribution in [0.2, 0.25) is 0 Å². The van der Waals surface area contributed by atoms with E-state index in [1.807, 2.05) is 0 Å². The number of unbranched alkanes of at least 4 members (excludes halogenated alkanes) is 30. The van der Waals surface area contributed by atoms with Crippen molar-refractivity contribution in [1.82, 2.24) is 0 Å². The van der Waals surface area contributed by atoms with E-state index in [4.69, 9.17) is 14.2 Å². The molecule has 0 saturated heterocycles. The van der Waals surface area contributed by atoms with Crippen molar-refractivity contribution in [2.75, 3.05) is 13.2 Å². The number of rotatable bonds is 59. The zero-order valence-electron chi connectivity index (χ0n) is 51.2. The zero-order chi connectivity index (χ0) is 56.4. The quantitative estimate of drug-likeness (QED) is 0.0261. The molecule has 0 aliphatic carbocycles. The molecule has 0 amide bonds. The Bertz CT molecular complexity index is 1570. The molecule has 78 heavy (non-hydrogen) atoms. The third-order valence-corrected chi connectivity index (χ3v) is 14.0. The molecule has 1 unspecified atom stereocenters. The van der Waals surface area contributed by atoms with Gasteiger partial charge in [0.05, 0.1) is 0 Å². The van der Waals surface area contributed by atoms with Gasteiger partial charge >= 0.3 is 17.9 Å². The summed E-state index contributed by atoms with van der Waals surface area (Å²) in [5, 5.41) is 0. The van der Waals surface area contributed by atoms with Crippen LogP contribution in [-0.4, -0.2) is 37.2 Å². The lowest BCUT2D eigenvalue weighted by Crippen LogP contribution is -2.30. The van der Waals surface area contributed by atoms with Crippen LogP contribution in [0.5, 0.6) is 0 Å². The molecule has 1 atom stereocenters. The smallest absolute Gasteiger partial charge is 0.306 e. The van der Waals surface area contributed by atoms with E-state index in [1.54, 1.807) is 0 Å². The van der Waals surface area contributed by atoms with Gasteiger partial charge in [0.2, 0.25) is 0 Å². The van der Waals surface area contributed by atoms with Crippen LogP contribution in [0.1, 0.15) is 310 Å². The maximum absolute atomic E-state index is 12.9. The first-order chi connectivity index (χ1) is 38.5. The van der Waals surface area contributed by atoms with Crippen molar-refractivity contribution in [2.45, 2.75) is 316 Å². The fourth-order valence-corrected chi connectivity index (χ4v) is 9.10. The van der Waals surface area contributed by atoms with Crippen LogP contribution in [0.3, 0.4) is 0 Å². The van der Waals surface area contributed by atoms with Gasteiger partial charge in [0.1, 0.15) is 13.2 Å². The Hall–Kier alpha value is -3.93. The summed E-state index contributed by atoms with van der Waals surface area (Å²) >= 11 is 0. The SMILES string of the molecule is CC/C=C\C/C=C\C/C=C\C/C=C\C/C=C\C/C=C\C/C=C\C/C=C\CCCCCCCCC(=O)OCC(COC(=O)CCCCCCCC)OC(=O)CCCCCCCCCCCCC/C=C\CCCCCCCCCC. The molecule has 0 aromatic carbocycles. The molecule has 0 N–H and O–H groups in total. The predicted molar refractivity (Wildman–Crippen MR) is 339 cm³/mol. The Morgan fingerprint density at radius 2 is 0.500 bits per heavy atom. The fraction of sp³-hybridized carbons (Fsp3) is 0.708. The normalized spacial score (nSPS) is 12.8. The highest BCUT2D eigenvalue weighted by Gasteiger charge is 2.19. The largest absolute Gasteiger partial charge is 0.462 e. The van der Waals surface area contributed by atoms with Crippen molar-refractivity contribution in [3.05, 3.63) is 109 Å². The van der Waals surface area contributed by atoms with E-state index in [0.29, 0.717) is 19.3 Å². The van der Waals surface area contributed by atoms with Crippen LogP contribution >= 0.6 is 0 Å². The minimum Gasteiger partial charge on any atom is -0.462 e. The number of carbonyl (C=O) groups excluding carboxylic acids is 3. The molecule has 0 saturated carbocycles. The molecule has 0 aromatic heterocycles. The van der Waals surface area contributed by atoms with Gasteiger partial charge in [-0.2, -0.15) is 0 Å². The molecule has 0 spiro atoms. The Balaban J connectivity index is 4.13. The molecule has 0 bridgehead atoms. The van der Waals surface area contributed by atoms with E-state index in [9.17, 15) is 14.4 Å². The molecule has 0 radical (unpaired) electrons. The van der Waals surface area contributed by atoms with Crippen molar-refractivity contribution in [1.29, 1.82) is 0 Å². The van der Waals surface area contributed by atoms with Crippen LogP contribution < -0.4 is 0 Å². The molecule has 0 fully saturated rings. The summed E-state index contributed by atoms with van der Waals surface area (Å²) in [4.78, 5) is 38.0. The van der Waals surface area contributed by atoms with Crippen molar-refractivity contribution in [3.8, 4) is 0 Å². The summed E-state index contributed by atoms with van der Waals surface area (Å²) in [7, 11) is 0. The lowest BCUT2D eigenvalue weighted by molar-refractivity contribution is -0.167. The highest BCUT2D eigenvalue weighted by molar-refractivity contribution is 5.71. The molecule has 0 aliphatic heterocycles. The molecule has 0 heterocycles. The predicted octanol–water partition coefficient (Wildman–Crippen LogP) is 22.6. The molecule has 0 aromatic rings. The summed E-state index contributed by atoms with van der Waals surface area (Å²) in [6.07, 6.45) is 89.9. The first-order valence-corrected chi connectivity index (χ1v) is 32.9. The summed E-state index contributed by atoms with van der Waals surface area (Å²) in [6, 6.07) is 0. The Morgan fingerprint density at radius 1 is 0.269 bits per heavy atom. The maximum atomic E-state index is 12.9. The number of ether oxygens (including phenoxy) is 3. The maximum Gasteiger partial charge on any atom is 0.306 e. The van der Waals surface area contributed by atoms with Gasteiger partial charge in [0.25, 0.3) is 0 Å². The van der Waals surface area contributed by atoms with Crippen LogP contribution in [0, 0.1) is 0 Å². The molecular weight excluding hydrogens is 961 g/mol. The highest BCUT2D eigenvalue weighted by Crippen LogP contribution is 2.16. The van der Waals surface area contributed by atoms with E-state index < -0.39 is 6.10 Å². The van der Waals surface area contributed by atoms with Gasteiger partial charge in [-0.3, -0.25) is 14.4 Å². The molecule has 6 nitrogen and oxygen atoms in total. The average molecular weight is 1080 g/mol. The third kappa shape index (κ3) is 62.9. The van der Waals surface area contributed by atoms with Crippen molar-refractivity contribution in [2.24, 2.45) is 0 Å². The Kier molecular flexibility index (Phi) is 62.3. The van der Waals surface area contributed by atoms with Gasteiger partial charge in [0.15, 0.2) is 6.10 Å². The van der Waals surface area contributed by atoms with Crippen LogP contribution in [0.4, 0.5) is 0 Å². The van der Waals surface area contributed by atoms with Gasteiger partial charge < -0.3 is 14.2 Å². The second-order valence-corrected chi connectivity index (χ2v) is 21.6.